The van der Waals surface area contributed by atoms with Crippen LogP contribution in [0.15, 0.2) is 23.9 Å². The molecule has 0 aromatic carbocycles. The molecule has 1 aliphatic carbocycles. The second-order valence-electron chi connectivity index (χ2n) is 3.09. The fourth-order valence-electron chi connectivity index (χ4n) is 1.16. The summed E-state index contributed by atoms with van der Waals surface area (Å²) in [5.41, 5.74) is 6.24. The molecule has 0 aromatic heterocycles. The van der Waals surface area contributed by atoms with Gasteiger partial charge in [0.1, 0.15) is 0 Å². The number of hydrogen-bond donors (Lipinski definition) is 3. The first-order chi connectivity index (χ1) is 6.54. The van der Waals surface area contributed by atoms with E-state index < -0.39 is 0 Å². The Labute approximate surface area is 83.5 Å². The van der Waals surface area contributed by atoms with Gasteiger partial charge >= 0.3 is 0 Å². The fourth-order valence-corrected chi connectivity index (χ4v) is 1.16. The molecule has 0 fully saturated rings. The summed E-state index contributed by atoms with van der Waals surface area (Å²) in [6, 6.07) is 0. The molecule has 0 saturated heterocycles. The lowest BCUT2D eigenvalue weighted by atomic mass is 10.4. The number of allylic oxidation sites excluding steroid dienone is 3. The van der Waals surface area contributed by atoms with Crippen LogP contribution in [0.4, 0.5) is 0 Å². The summed E-state index contributed by atoms with van der Waals surface area (Å²) in [5, 5.41) is 14.9. The Morgan fingerprint density at radius 1 is 1.43 bits per heavy atom. The molecule has 0 amide bonds. The Kier molecular flexibility index (Phi) is 2.91. The lowest BCUT2D eigenvalue weighted by Gasteiger charge is -2.26. The minimum atomic E-state index is -0.135. The van der Waals surface area contributed by atoms with Crippen LogP contribution in [-0.2, 0) is 0 Å². The van der Waals surface area contributed by atoms with E-state index in [1.807, 2.05) is 18.2 Å². The molecule has 4 N–H and O–H groups in total. The van der Waals surface area contributed by atoms with Crippen LogP contribution in [0.3, 0.4) is 0 Å². The fraction of sp³-hybridized carbons (Fsp3) is 0.333. The Morgan fingerprint density at radius 2 is 2.07 bits per heavy atom. The average Bonchev–Trinajstić information content (AvgIpc) is 2.67. The summed E-state index contributed by atoms with van der Waals surface area (Å²) in [6.07, 6.45) is 6.88. The summed E-state index contributed by atoms with van der Waals surface area (Å²) in [4.78, 5) is 3.00. The molecule has 0 aliphatic heterocycles. The molecular weight excluding hydrogens is 178 g/mol. The zero-order valence-corrected chi connectivity index (χ0v) is 8.41. The van der Waals surface area contributed by atoms with Gasteiger partial charge in [-0.25, -0.2) is 0 Å². The highest BCUT2D eigenvalue weighted by Gasteiger charge is 2.14. The maximum Gasteiger partial charge on any atom is 0.204 e. The van der Waals surface area contributed by atoms with E-state index in [1.54, 1.807) is 19.0 Å². The van der Waals surface area contributed by atoms with Crippen LogP contribution in [0.25, 0.3) is 0 Å². The van der Waals surface area contributed by atoms with Crippen molar-refractivity contribution >= 4 is 11.9 Å². The minimum absolute atomic E-state index is 0.135. The molecule has 1 rings (SSSR count). The molecule has 0 radical (unpaired) electrons. The Hall–Kier alpha value is -1.78. The van der Waals surface area contributed by atoms with Gasteiger partial charge in [-0.1, -0.05) is 12.2 Å². The van der Waals surface area contributed by atoms with Crippen molar-refractivity contribution in [2.24, 2.45) is 5.73 Å². The van der Waals surface area contributed by atoms with Gasteiger partial charge in [0.25, 0.3) is 0 Å². The van der Waals surface area contributed by atoms with Crippen molar-refractivity contribution in [1.82, 2.24) is 9.80 Å². The molecular formula is C9H15N5. The van der Waals surface area contributed by atoms with Gasteiger partial charge in [0.15, 0.2) is 5.96 Å². The first-order valence-corrected chi connectivity index (χ1v) is 4.30. The second-order valence-corrected chi connectivity index (χ2v) is 3.09. The van der Waals surface area contributed by atoms with Crippen molar-refractivity contribution in [3.63, 3.8) is 0 Å². The molecule has 0 bridgehead atoms. The number of nitrogens with zero attached hydrogens (tertiary/aromatic N) is 2. The topological polar surface area (TPSA) is 80.2 Å². The van der Waals surface area contributed by atoms with Gasteiger partial charge in [0.05, 0.1) is 0 Å². The SMILES string of the molecule is CN(C(=N)N)C(=N)N(C)C1=CCC=C1. The van der Waals surface area contributed by atoms with E-state index in [0.29, 0.717) is 0 Å². The zero-order valence-electron chi connectivity index (χ0n) is 8.41. The van der Waals surface area contributed by atoms with Gasteiger partial charge in [0, 0.05) is 19.8 Å². The molecule has 0 atom stereocenters. The van der Waals surface area contributed by atoms with Gasteiger partial charge in [-0.15, -0.1) is 0 Å². The molecule has 14 heavy (non-hydrogen) atoms. The lowest BCUT2D eigenvalue weighted by Crippen LogP contribution is -2.44. The van der Waals surface area contributed by atoms with Crippen LogP contribution >= 0.6 is 0 Å². The monoisotopic (exact) mass is 193 g/mol. The van der Waals surface area contributed by atoms with Crippen molar-refractivity contribution < 1.29 is 0 Å². The Morgan fingerprint density at radius 3 is 2.50 bits per heavy atom. The third kappa shape index (κ3) is 1.93. The van der Waals surface area contributed by atoms with Gasteiger partial charge in [-0.2, -0.15) is 0 Å². The minimum Gasteiger partial charge on any atom is -0.370 e. The van der Waals surface area contributed by atoms with Gasteiger partial charge < -0.3 is 10.6 Å². The summed E-state index contributed by atoms with van der Waals surface area (Å²) in [7, 11) is 3.38. The molecule has 1 aliphatic rings. The molecule has 76 valence electrons. The quantitative estimate of drug-likeness (QED) is 0.419. The van der Waals surface area contributed by atoms with E-state index in [-0.39, 0.29) is 11.9 Å². The van der Waals surface area contributed by atoms with Crippen molar-refractivity contribution in [3.05, 3.63) is 23.9 Å². The summed E-state index contributed by atoms with van der Waals surface area (Å²) in [6.45, 7) is 0. The number of nitrogens with one attached hydrogen (secondary N) is 2. The van der Waals surface area contributed by atoms with E-state index in [0.717, 1.165) is 12.1 Å². The van der Waals surface area contributed by atoms with Crippen LogP contribution in [-0.4, -0.2) is 35.8 Å². The first kappa shape index (κ1) is 10.3. The van der Waals surface area contributed by atoms with E-state index in [2.05, 4.69) is 0 Å². The average molecular weight is 193 g/mol. The summed E-state index contributed by atoms with van der Waals surface area (Å²) in [5.74, 6) is 0.0553. The van der Waals surface area contributed by atoms with Gasteiger partial charge in [0.2, 0.25) is 5.96 Å². The van der Waals surface area contributed by atoms with Crippen LogP contribution in [0.5, 0.6) is 0 Å². The maximum absolute atomic E-state index is 7.75. The highest BCUT2D eigenvalue weighted by molar-refractivity contribution is 5.95. The van der Waals surface area contributed by atoms with Crippen molar-refractivity contribution in [2.45, 2.75) is 6.42 Å². The number of nitrogens with two attached hydrogens (primary N) is 1. The first-order valence-electron chi connectivity index (χ1n) is 4.30. The number of rotatable bonds is 1. The molecule has 0 saturated carbocycles. The highest BCUT2D eigenvalue weighted by atomic mass is 15.4. The van der Waals surface area contributed by atoms with Crippen LogP contribution in [0, 0.1) is 10.8 Å². The van der Waals surface area contributed by atoms with E-state index in [9.17, 15) is 0 Å². The maximum atomic E-state index is 7.75. The molecule has 0 heterocycles. The van der Waals surface area contributed by atoms with Crippen molar-refractivity contribution in [1.29, 1.82) is 10.8 Å². The lowest BCUT2D eigenvalue weighted by molar-refractivity contribution is 0.539. The molecule has 0 spiro atoms. The Balaban J connectivity index is 2.69. The normalized spacial score (nSPS) is 13.7. The second kappa shape index (κ2) is 3.95. The van der Waals surface area contributed by atoms with Crippen LogP contribution in [0.2, 0.25) is 0 Å². The van der Waals surface area contributed by atoms with E-state index in [4.69, 9.17) is 16.6 Å². The highest BCUT2D eigenvalue weighted by Crippen LogP contribution is 2.13. The summed E-state index contributed by atoms with van der Waals surface area (Å²) >= 11 is 0. The largest absolute Gasteiger partial charge is 0.370 e. The smallest absolute Gasteiger partial charge is 0.204 e. The van der Waals surface area contributed by atoms with Crippen molar-refractivity contribution in [3.8, 4) is 0 Å². The third-order valence-corrected chi connectivity index (χ3v) is 2.14. The van der Waals surface area contributed by atoms with Gasteiger partial charge in [-0.05, 0) is 12.5 Å². The molecule has 5 nitrogen and oxygen atoms in total. The van der Waals surface area contributed by atoms with Crippen LogP contribution < -0.4 is 5.73 Å². The number of hydrogen-bond acceptors (Lipinski definition) is 2. The molecule has 5 heteroatoms. The van der Waals surface area contributed by atoms with Crippen LogP contribution in [0.1, 0.15) is 6.42 Å². The summed E-state index contributed by atoms with van der Waals surface area (Å²) < 4.78 is 0. The van der Waals surface area contributed by atoms with Crippen molar-refractivity contribution in [2.75, 3.05) is 14.1 Å². The third-order valence-electron chi connectivity index (χ3n) is 2.14. The zero-order chi connectivity index (χ0) is 10.7. The number of guanidine groups is 2. The number of likely N-dealkylation sites (N-methyl/N-ethyl adjacent to an activating group) is 1. The standard InChI is InChI=1S/C9H15N5/c1-13(7-5-3-4-6-7)9(12)14(2)8(10)11/h3,5-6,12H,4H2,1-2H3,(H3,10,11). The van der Waals surface area contributed by atoms with Gasteiger partial charge in [-0.3, -0.25) is 15.7 Å². The van der Waals surface area contributed by atoms with E-state index >= 15 is 0 Å². The predicted molar refractivity (Wildman–Crippen MR) is 57.0 cm³/mol. The molecule has 0 unspecified atom stereocenters. The van der Waals surface area contributed by atoms with E-state index in [1.165, 1.54) is 4.90 Å². The Bertz CT molecular complexity index is 315. The molecule has 0 aromatic rings. The predicted octanol–water partition coefficient (Wildman–Crippen LogP) is 0.522.